The highest BCUT2D eigenvalue weighted by atomic mass is 16.7. The van der Waals surface area contributed by atoms with E-state index in [1.165, 1.54) is 51.4 Å². The zero-order valence-corrected chi connectivity index (χ0v) is 15.6. The van der Waals surface area contributed by atoms with Crippen molar-refractivity contribution in [2.24, 2.45) is 0 Å². The summed E-state index contributed by atoms with van der Waals surface area (Å²) in [5, 5.41) is 0.148. The van der Waals surface area contributed by atoms with Crippen LogP contribution in [0, 0.1) is 0 Å². The molecule has 0 aromatic heterocycles. The van der Waals surface area contributed by atoms with Crippen molar-refractivity contribution >= 4 is 7.12 Å². The fraction of sp³-hybridized carbons (Fsp3) is 1.00. The minimum absolute atomic E-state index is 0.0596. The molecule has 1 heterocycles. The molecule has 0 radical (unpaired) electrons. The summed E-state index contributed by atoms with van der Waals surface area (Å²) in [6.45, 7) is 15.5. The number of hydrogen-bond donors (Lipinski definition) is 0. The maximum absolute atomic E-state index is 6.36. The maximum atomic E-state index is 6.36. The molecule has 124 valence electrons. The van der Waals surface area contributed by atoms with Gasteiger partial charge in [-0.1, -0.05) is 59.3 Å². The van der Waals surface area contributed by atoms with Crippen molar-refractivity contribution in [1.82, 2.24) is 0 Å². The summed E-state index contributed by atoms with van der Waals surface area (Å²) in [6, 6.07) is 0. The van der Waals surface area contributed by atoms with Crippen LogP contribution in [-0.2, 0) is 9.31 Å². The van der Waals surface area contributed by atoms with Crippen LogP contribution < -0.4 is 0 Å². The van der Waals surface area contributed by atoms with E-state index in [0.717, 1.165) is 0 Å². The van der Waals surface area contributed by atoms with E-state index in [4.69, 9.17) is 9.31 Å². The van der Waals surface area contributed by atoms with Gasteiger partial charge in [0.2, 0.25) is 0 Å². The summed E-state index contributed by atoms with van der Waals surface area (Å²) in [5.41, 5.74) is -0.427. The molecule has 0 spiro atoms. The van der Waals surface area contributed by atoms with Gasteiger partial charge in [0.1, 0.15) is 0 Å². The van der Waals surface area contributed by atoms with Gasteiger partial charge in [-0.25, -0.2) is 0 Å². The highest BCUT2D eigenvalue weighted by Crippen LogP contribution is 2.50. The Labute approximate surface area is 133 Å². The lowest BCUT2D eigenvalue weighted by Gasteiger charge is -2.32. The molecule has 3 heteroatoms. The molecule has 0 amide bonds. The van der Waals surface area contributed by atoms with E-state index >= 15 is 0 Å². The average molecular weight is 296 g/mol. The van der Waals surface area contributed by atoms with E-state index in [0.29, 0.717) is 0 Å². The molecule has 1 rings (SSSR count). The standard InChI is InChI=1S/C18H37BO2/c1-8-10-12-13-15-18(7,14-11-9-2)19-20-16(3,4)17(5,6)21-19/h8-15H2,1-7H3. The number of rotatable bonds is 9. The quantitative estimate of drug-likeness (QED) is 0.384. The summed E-state index contributed by atoms with van der Waals surface area (Å²) < 4.78 is 12.7. The van der Waals surface area contributed by atoms with Crippen molar-refractivity contribution in [2.45, 2.75) is 116 Å². The van der Waals surface area contributed by atoms with Crippen LogP contribution >= 0.6 is 0 Å². The minimum atomic E-state index is -0.214. The Balaban J connectivity index is 2.73. The molecule has 1 fully saturated rings. The topological polar surface area (TPSA) is 18.5 Å². The average Bonchev–Trinajstić information content (AvgIpc) is 2.62. The summed E-state index contributed by atoms with van der Waals surface area (Å²) in [7, 11) is -0.0596. The Morgan fingerprint density at radius 3 is 1.71 bits per heavy atom. The lowest BCUT2D eigenvalue weighted by Crippen LogP contribution is -2.41. The van der Waals surface area contributed by atoms with E-state index in [2.05, 4.69) is 48.5 Å². The van der Waals surface area contributed by atoms with E-state index in [1.54, 1.807) is 0 Å². The van der Waals surface area contributed by atoms with E-state index < -0.39 is 0 Å². The maximum Gasteiger partial charge on any atom is 0.464 e. The summed E-state index contributed by atoms with van der Waals surface area (Å²) >= 11 is 0. The van der Waals surface area contributed by atoms with Gasteiger partial charge in [-0.3, -0.25) is 0 Å². The molecule has 0 aromatic rings. The van der Waals surface area contributed by atoms with Crippen molar-refractivity contribution in [2.75, 3.05) is 0 Å². The van der Waals surface area contributed by atoms with Crippen LogP contribution in [0.5, 0.6) is 0 Å². The fourth-order valence-corrected chi connectivity index (χ4v) is 3.02. The first-order valence-electron chi connectivity index (χ1n) is 9.04. The van der Waals surface area contributed by atoms with Gasteiger partial charge in [0, 0.05) is 5.31 Å². The van der Waals surface area contributed by atoms with Gasteiger partial charge in [0.15, 0.2) is 0 Å². The van der Waals surface area contributed by atoms with Crippen LogP contribution in [0.4, 0.5) is 0 Å². The zero-order chi connectivity index (χ0) is 16.1. The third-order valence-corrected chi connectivity index (χ3v) is 5.53. The van der Waals surface area contributed by atoms with Crippen LogP contribution in [0.25, 0.3) is 0 Å². The van der Waals surface area contributed by atoms with E-state index in [1.807, 2.05) is 0 Å². The van der Waals surface area contributed by atoms with Crippen molar-refractivity contribution in [1.29, 1.82) is 0 Å². The Hall–Kier alpha value is -0.0151. The first-order valence-corrected chi connectivity index (χ1v) is 9.04. The summed E-state index contributed by atoms with van der Waals surface area (Å²) in [5.74, 6) is 0. The number of unbranched alkanes of at least 4 members (excludes halogenated alkanes) is 4. The largest absolute Gasteiger partial charge is 0.464 e. The molecule has 1 unspecified atom stereocenters. The molecule has 0 aliphatic carbocycles. The fourth-order valence-electron chi connectivity index (χ4n) is 3.02. The van der Waals surface area contributed by atoms with Crippen molar-refractivity contribution < 1.29 is 9.31 Å². The molecule has 1 saturated heterocycles. The molecule has 21 heavy (non-hydrogen) atoms. The van der Waals surface area contributed by atoms with Crippen molar-refractivity contribution in [3.63, 3.8) is 0 Å². The van der Waals surface area contributed by atoms with Gasteiger partial charge < -0.3 is 9.31 Å². The highest BCUT2D eigenvalue weighted by Gasteiger charge is 2.57. The second-order valence-corrected chi connectivity index (χ2v) is 8.16. The predicted octanol–water partition coefficient (Wildman–Crippen LogP) is 6.00. The lowest BCUT2D eigenvalue weighted by molar-refractivity contribution is 0.00578. The Morgan fingerprint density at radius 2 is 1.24 bits per heavy atom. The minimum Gasteiger partial charge on any atom is -0.403 e. The van der Waals surface area contributed by atoms with Crippen molar-refractivity contribution in [3.05, 3.63) is 0 Å². The molecule has 1 aliphatic heterocycles. The molecule has 0 aromatic carbocycles. The summed E-state index contributed by atoms with van der Waals surface area (Å²) in [4.78, 5) is 0. The Morgan fingerprint density at radius 1 is 0.762 bits per heavy atom. The second-order valence-electron chi connectivity index (χ2n) is 8.16. The normalized spacial score (nSPS) is 23.3. The molecular formula is C18H37BO2. The van der Waals surface area contributed by atoms with Gasteiger partial charge >= 0.3 is 7.12 Å². The SMILES string of the molecule is CCCCCCC(C)(CCCC)B1OC(C)(C)C(C)(C)O1. The van der Waals surface area contributed by atoms with Crippen LogP contribution in [0.1, 0.15) is 99.8 Å². The Kier molecular flexibility index (Phi) is 6.80. The monoisotopic (exact) mass is 296 g/mol. The molecule has 2 nitrogen and oxygen atoms in total. The molecular weight excluding hydrogens is 259 g/mol. The second kappa shape index (κ2) is 7.50. The highest BCUT2D eigenvalue weighted by molar-refractivity contribution is 6.49. The smallest absolute Gasteiger partial charge is 0.403 e. The lowest BCUT2D eigenvalue weighted by atomic mass is 9.54. The summed E-state index contributed by atoms with van der Waals surface area (Å²) in [6.07, 6.45) is 10.2. The Bertz CT molecular complexity index is 298. The van der Waals surface area contributed by atoms with Crippen LogP contribution in [0.3, 0.4) is 0 Å². The first-order chi connectivity index (χ1) is 9.68. The molecule has 0 saturated carbocycles. The van der Waals surface area contributed by atoms with Gasteiger partial charge in [-0.15, -0.1) is 0 Å². The zero-order valence-electron chi connectivity index (χ0n) is 15.6. The molecule has 0 bridgehead atoms. The molecule has 1 atom stereocenters. The van der Waals surface area contributed by atoms with Gasteiger partial charge in [-0.2, -0.15) is 0 Å². The third-order valence-electron chi connectivity index (χ3n) is 5.53. The van der Waals surface area contributed by atoms with E-state index in [9.17, 15) is 0 Å². The van der Waals surface area contributed by atoms with E-state index in [-0.39, 0.29) is 23.6 Å². The predicted molar refractivity (Wildman–Crippen MR) is 92.7 cm³/mol. The van der Waals surface area contributed by atoms with Crippen LogP contribution in [0.2, 0.25) is 5.31 Å². The number of hydrogen-bond acceptors (Lipinski definition) is 2. The van der Waals surface area contributed by atoms with Gasteiger partial charge in [0.05, 0.1) is 11.2 Å². The first kappa shape index (κ1) is 19.0. The van der Waals surface area contributed by atoms with Crippen molar-refractivity contribution in [3.8, 4) is 0 Å². The third kappa shape index (κ3) is 4.73. The molecule has 0 N–H and O–H groups in total. The van der Waals surface area contributed by atoms with Crippen LogP contribution in [-0.4, -0.2) is 18.3 Å². The van der Waals surface area contributed by atoms with Crippen LogP contribution in [0.15, 0.2) is 0 Å². The molecule has 1 aliphatic rings. The van der Waals surface area contributed by atoms with Gasteiger partial charge in [-0.05, 0) is 40.5 Å². The van der Waals surface area contributed by atoms with Gasteiger partial charge in [0.25, 0.3) is 0 Å².